The third kappa shape index (κ3) is 4.19. The molecule has 0 bridgehead atoms. The van der Waals surface area contributed by atoms with E-state index in [1.54, 1.807) is 18.4 Å². The van der Waals surface area contributed by atoms with Gasteiger partial charge in [0.25, 0.3) is 0 Å². The molecule has 0 amide bonds. The van der Waals surface area contributed by atoms with Crippen molar-refractivity contribution in [2.24, 2.45) is 5.92 Å². The molecule has 0 fully saturated rings. The molecule has 1 aromatic rings. The largest absolute Gasteiger partial charge is 0.481 e. The van der Waals surface area contributed by atoms with Crippen LogP contribution in [0.4, 0.5) is 0 Å². The van der Waals surface area contributed by atoms with Gasteiger partial charge in [0.05, 0.1) is 6.61 Å². The molecule has 1 atom stereocenters. The number of carboxylic acid groups (broad SMARTS) is 1. The number of ether oxygens (including phenoxy) is 1. The smallest absolute Gasteiger partial charge is 0.314 e. The van der Waals surface area contributed by atoms with Crippen molar-refractivity contribution in [3.8, 4) is 0 Å². The molecule has 1 aromatic heterocycles. The highest BCUT2D eigenvalue weighted by molar-refractivity contribution is 6.40. The summed E-state index contributed by atoms with van der Waals surface area (Å²) in [7, 11) is 0. The summed E-state index contributed by atoms with van der Waals surface area (Å²) >= 11 is 11.7. The molecule has 112 valence electrons. The van der Waals surface area contributed by atoms with Crippen LogP contribution in [0.25, 0.3) is 0 Å². The molecule has 0 aliphatic rings. The van der Waals surface area contributed by atoms with Crippen LogP contribution < -0.4 is 0 Å². The zero-order chi connectivity index (χ0) is 15.3. The van der Waals surface area contributed by atoms with Gasteiger partial charge >= 0.3 is 5.97 Å². The first-order valence-corrected chi connectivity index (χ1v) is 6.85. The second-order valence-corrected chi connectivity index (χ2v) is 4.93. The highest BCUT2D eigenvalue weighted by Crippen LogP contribution is 2.22. The number of hydrogen-bond acceptors (Lipinski definition) is 4. The summed E-state index contributed by atoms with van der Waals surface area (Å²) in [6.07, 6.45) is 0.250. The Kier molecular flexibility index (Phi) is 6.45. The lowest BCUT2D eigenvalue weighted by Gasteiger charge is -2.10. The average molecular weight is 323 g/mol. The molecule has 1 rings (SSSR count). The van der Waals surface area contributed by atoms with Crippen LogP contribution in [-0.2, 0) is 20.9 Å². The molecule has 1 N–H and O–H groups in total. The van der Waals surface area contributed by atoms with Crippen LogP contribution in [0.1, 0.15) is 19.2 Å². The Morgan fingerprint density at radius 2 is 2.10 bits per heavy atom. The Labute approximate surface area is 126 Å². The van der Waals surface area contributed by atoms with Crippen LogP contribution in [0.5, 0.6) is 0 Å². The van der Waals surface area contributed by atoms with Gasteiger partial charge in [0.15, 0.2) is 10.9 Å². The highest BCUT2D eigenvalue weighted by Gasteiger charge is 2.23. The number of hydrogen-bond donors (Lipinski definition) is 1. The maximum Gasteiger partial charge on any atom is 0.314 e. The number of carbonyl (C=O) groups is 2. The van der Waals surface area contributed by atoms with Crippen LogP contribution in [0.15, 0.2) is 0 Å². The van der Waals surface area contributed by atoms with Gasteiger partial charge in [-0.05, 0) is 13.3 Å². The van der Waals surface area contributed by atoms with Crippen molar-refractivity contribution in [3.05, 3.63) is 16.1 Å². The van der Waals surface area contributed by atoms with E-state index in [1.807, 2.05) is 0 Å². The van der Waals surface area contributed by atoms with Gasteiger partial charge in [0.2, 0.25) is 0 Å². The Morgan fingerprint density at radius 3 is 2.55 bits per heavy atom. The number of nitrogens with zero attached hydrogens (tertiary/aromatic N) is 2. The molecule has 0 aromatic carbocycles. The summed E-state index contributed by atoms with van der Waals surface area (Å²) < 4.78 is 6.84. The van der Waals surface area contributed by atoms with E-state index in [1.165, 1.54) is 0 Å². The fraction of sp³-hybridized carbons (Fsp3) is 0.583. The maximum atomic E-state index is 11.6. The summed E-state index contributed by atoms with van der Waals surface area (Å²) in [6.45, 7) is 3.77. The third-order valence-electron chi connectivity index (χ3n) is 2.86. The highest BCUT2D eigenvalue weighted by atomic mass is 35.5. The van der Waals surface area contributed by atoms with E-state index < -0.39 is 17.7 Å². The predicted octanol–water partition coefficient (Wildman–Crippen LogP) is 2.19. The van der Waals surface area contributed by atoms with E-state index in [9.17, 15) is 9.59 Å². The minimum Gasteiger partial charge on any atom is -0.481 e. The van der Waals surface area contributed by atoms with Gasteiger partial charge in [-0.2, -0.15) is 0 Å². The van der Waals surface area contributed by atoms with Crippen molar-refractivity contribution in [2.45, 2.75) is 26.8 Å². The van der Waals surface area contributed by atoms with Gasteiger partial charge in [-0.1, -0.05) is 30.1 Å². The lowest BCUT2D eigenvalue weighted by molar-refractivity contribution is -0.147. The minimum absolute atomic E-state index is 0.217. The number of carbonyl (C=O) groups excluding carboxylic acids is 1. The molecule has 1 unspecified atom stereocenters. The second kappa shape index (κ2) is 7.61. The van der Waals surface area contributed by atoms with E-state index in [0.717, 1.165) is 0 Å². The number of carboxylic acids is 1. The summed E-state index contributed by atoms with van der Waals surface area (Å²) in [5.41, 5.74) is 0. The van der Waals surface area contributed by atoms with Gasteiger partial charge in [0.1, 0.15) is 23.5 Å². The van der Waals surface area contributed by atoms with Crippen LogP contribution in [0.3, 0.4) is 0 Å². The van der Waals surface area contributed by atoms with Crippen molar-refractivity contribution in [1.82, 2.24) is 9.55 Å². The quantitative estimate of drug-likeness (QED) is 0.586. The van der Waals surface area contributed by atoms with Crippen LogP contribution >= 0.6 is 23.2 Å². The first kappa shape index (κ1) is 16.9. The number of ketones is 1. The summed E-state index contributed by atoms with van der Waals surface area (Å²) in [4.78, 5) is 26.4. The molecule has 6 nitrogen and oxygen atoms in total. The molecule has 0 spiro atoms. The normalized spacial score (nSPS) is 12.4. The van der Waals surface area contributed by atoms with Crippen LogP contribution in [0, 0.1) is 12.8 Å². The lowest BCUT2D eigenvalue weighted by Crippen LogP contribution is -2.27. The lowest BCUT2D eigenvalue weighted by atomic mass is 10.0. The van der Waals surface area contributed by atoms with Crippen molar-refractivity contribution < 1.29 is 19.4 Å². The Balaban J connectivity index is 2.42. The zero-order valence-corrected chi connectivity index (χ0v) is 12.7. The first-order chi connectivity index (χ1) is 9.38. The number of aryl methyl sites for hydroxylation is 1. The maximum absolute atomic E-state index is 11.6. The van der Waals surface area contributed by atoms with E-state index in [4.69, 9.17) is 33.0 Å². The Bertz CT molecular complexity index is 502. The number of aromatic nitrogens is 2. The van der Waals surface area contributed by atoms with E-state index in [2.05, 4.69) is 4.98 Å². The van der Waals surface area contributed by atoms with Crippen molar-refractivity contribution in [1.29, 1.82) is 0 Å². The number of aliphatic carboxylic acids is 1. The number of rotatable bonds is 8. The van der Waals surface area contributed by atoms with Crippen molar-refractivity contribution >= 4 is 35.0 Å². The molecule has 0 aliphatic carbocycles. The van der Waals surface area contributed by atoms with Gasteiger partial charge in [-0.25, -0.2) is 4.98 Å². The minimum atomic E-state index is -1.12. The average Bonchev–Trinajstić information content (AvgIpc) is 2.60. The van der Waals surface area contributed by atoms with Crippen LogP contribution in [0.2, 0.25) is 10.3 Å². The van der Waals surface area contributed by atoms with E-state index >= 15 is 0 Å². The van der Waals surface area contributed by atoms with Crippen LogP contribution in [-0.4, -0.2) is 39.6 Å². The molecule has 0 radical (unpaired) electrons. The Hall–Kier alpha value is -1.11. The number of Topliss-reactive ketones (excluding diaryl/α,β-unsaturated/α-hetero) is 1. The molecule has 8 heteroatoms. The summed E-state index contributed by atoms with van der Waals surface area (Å²) in [5.74, 6) is -1.93. The molecule has 0 aliphatic heterocycles. The first-order valence-electron chi connectivity index (χ1n) is 6.09. The summed E-state index contributed by atoms with van der Waals surface area (Å²) in [6, 6.07) is 0. The molecular formula is C12H16Cl2N2O4. The second-order valence-electron chi connectivity index (χ2n) is 4.21. The fourth-order valence-electron chi connectivity index (χ4n) is 1.73. The third-order valence-corrected chi connectivity index (χ3v) is 3.60. The van der Waals surface area contributed by atoms with Gasteiger partial charge in [0, 0.05) is 6.54 Å². The SMILES string of the molecule is CCC(C(=O)O)C(=O)COCCn1c(C)nc(Cl)c1Cl. The van der Waals surface area contributed by atoms with E-state index in [-0.39, 0.29) is 24.8 Å². The van der Waals surface area contributed by atoms with Crippen molar-refractivity contribution in [2.75, 3.05) is 13.2 Å². The topological polar surface area (TPSA) is 81.4 Å². The fourth-order valence-corrected chi connectivity index (χ4v) is 2.20. The molecule has 0 saturated carbocycles. The number of imidazole rings is 1. The molecule has 0 saturated heterocycles. The monoisotopic (exact) mass is 322 g/mol. The van der Waals surface area contributed by atoms with Gasteiger partial charge in [-0.3, -0.25) is 9.59 Å². The molecule has 20 heavy (non-hydrogen) atoms. The van der Waals surface area contributed by atoms with Crippen molar-refractivity contribution in [3.63, 3.8) is 0 Å². The predicted molar refractivity (Wildman–Crippen MR) is 74.2 cm³/mol. The van der Waals surface area contributed by atoms with E-state index in [0.29, 0.717) is 17.5 Å². The number of halogens is 2. The summed E-state index contributed by atoms with van der Waals surface area (Å²) in [5, 5.41) is 9.37. The Morgan fingerprint density at radius 1 is 1.45 bits per heavy atom. The molecular weight excluding hydrogens is 307 g/mol. The zero-order valence-electron chi connectivity index (χ0n) is 11.2. The molecule has 1 heterocycles. The van der Waals surface area contributed by atoms with Gasteiger partial charge in [-0.15, -0.1) is 0 Å². The standard InChI is InChI=1S/C12H16Cl2N2O4/c1-3-8(12(18)19)9(17)6-20-5-4-16-7(2)15-10(13)11(16)14/h8H,3-6H2,1-2H3,(H,18,19). The van der Waals surface area contributed by atoms with Gasteiger partial charge < -0.3 is 14.4 Å².